The fourth-order valence-electron chi connectivity index (χ4n) is 11.4. The van der Waals surface area contributed by atoms with Crippen molar-refractivity contribution in [3.8, 4) is 0 Å². The molecule has 122 heavy (non-hydrogen) atoms. The van der Waals surface area contributed by atoms with Crippen LogP contribution in [0.1, 0.15) is 233 Å². The van der Waals surface area contributed by atoms with Crippen molar-refractivity contribution < 1.29 is 86.0 Å². The molecule has 7 aromatic carbocycles. The third-order valence-corrected chi connectivity index (χ3v) is 18.8. The summed E-state index contributed by atoms with van der Waals surface area (Å²) in [7, 11) is 0. The zero-order valence-corrected chi connectivity index (χ0v) is 71.8. The minimum absolute atomic E-state index is 0.00226. The number of ether oxygens (including phenoxy) is 6. The van der Waals surface area contributed by atoms with Crippen molar-refractivity contribution in [1.82, 2.24) is 31.9 Å². The first-order chi connectivity index (χ1) is 58.4. The van der Waals surface area contributed by atoms with Crippen molar-refractivity contribution in [2.45, 2.75) is 210 Å². The molecule has 0 aromatic heterocycles. The van der Waals surface area contributed by atoms with Gasteiger partial charge in [-0.25, -0.2) is 28.8 Å². The summed E-state index contributed by atoms with van der Waals surface area (Å²) >= 11 is 0. The molecule has 0 saturated heterocycles. The van der Waals surface area contributed by atoms with E-state index in [1.807, 2.05) is 41.5 Å². The number of nitrogens with one attached hydrogen (secondary N) is 6. The Morgan fingerprint density at radius 3 is 0.516 bits per heavy atom. The van der Waals surface area contributed by atoms with Gasteiger partial charge in [0.25, 0.3) is 35.4 Å². The van der Waals surface area contributed by atoms with Crippen LogP contribution in [0.25, 0.3) is 64.6 Å². The number of unbranched alkanes of at least 4 members (excludes halogenated alkanes) is 6. The molecule has 0 aliphatic carbocycles. The van der Waals surface area contributed by atoms with E-state index in [9.17, 15) is 57.5 Å². The van der Waals surface area contributed by atoms with Crippen LogP contribution in [0, 0.1) is 86.6 Å². The van der Waals surface area contributed by atoms with Gasteiger partial charge in [-0.2, -0.15) is 0 Å². The van der Waals surface area contributed by atoms with Gasteiger partial charge < -0.3 is 60.3 Å². The lowest BCUT2D eigenvalue weighted by Crippen LogP contribution is -2.39. The van der Waals surface area contributed by atoms with Gasteiger partial charge in [0.15, 0.2) is 0 Å². The molecule has 0 unspecified atom stereocenters. The van der Waals surface area contributed by atoms with Gasteiger partial charge in [-0.05, 0) is 202 Å². The van der Waals surface area contributed by atoms with Crippen LogP contribution in [0.15, 0.2) is 97.1 Å². The normalized spacial score (nSPS) is 11.9. The number of hydrogen-bond acceptors (Lipinski definition) is 18. The van der Waals surface area contributed by atoms with Crippen molar-refractivity contribution >= 4 is 136 Å². The molecule has 24 heteroatoms. The monoisotopic (exact) mass is 1650 g/mol. The van der Waals surface area contributed by atoms with E-state index in [1.54, 1.807) is 38.1 Å². The summed E-state index contributed by atoms with van der Waals surface area (Å²) in [6.45, 7) is 24.7. The molecule has 6 N–H and O–H groups in total. The maximum atomic E-state index is 14.5. The van der Waals surface area contributed by atoms with Crippen molar-refractivity contribution in [2.24, 2.45) is 0 Å². The number of carbonyl (C=O) groups excluding carboxylic acids is 12. The molecule has 24 nitrogen and oxygen atoms in total. The van der Waals surface area contributed by atoms with Gasteiger partial charge in [0.2, 0.25) is 0 Å². The third-order valence-electron chi connectivity index (χ3n) is 18.8. The van der Waals surface area contributed by atoms with Gasteiger partial charge in [-0.1, -0.05) is 153 Å². The van der Waals surface area contributed by atoms with E-state index in [2.05, 4.69) is 105 Å². The maximum Gasteiger partial charge on any atom is 0.328 e. The smallest absolute Gasteiger partial charge is 0.328 e. The topological polar surface area (TPSA) is 332 Å². The first-order valence-electron chi connectivity index (χ1n) is 41.3. The maximum absolute atomic E-state index is 14.5. The number of carbonyl (C=O) groups is 12. The predicted octanol–water partition coefficient (Wildman–Crippen LogP) is 14.7. The summed E-state index contributed by atoms with van der Waals surface area (Å²) in [5, 5.41) is 18.9. The van der Waals surface area contributed by atoms with Crippen LogP contribution < -0.4 is 31.9 Å². The highest BCUT2D eigenvalue weighted by Crippen LogP contribution is 2.22. The van der Waals surface area contributed by atoms with Crippen molar-refractivity contribution in [2.75, 3.05) is 39.6 Å². The Morgan fingerprint density at radius 2 is 0.369 bits per heavy atom. The van der Waals surface area contributed by atoms with Crippen LogP contribution >= 0.6 is 0 Å². The van der Waals surface area contributed by atoms with E-state index in [-0.39, 0.29) is 138 Å². The Bertz CT molecular complexity index is 4730. The van der Waals surface area contributed by atoms with Crippen LogP contribution in [0.5, 0.6) is 0 Å². The second-order valence-corrected chi connectivity index (χ2v) is 29.4. The molecule has 0 fully saturated rings. The number of rotatable bonds is 36. The average Bonchev–Trinajstić information content (AvgIpc) is 0.815. The molecular formula is C98H106N6O18. The van der Waals surface area contributed by atoms with Crippen molar-refractivity contribution in [3.05, 3.63) is 214 Å². The molecule has 7 aromatic rings. The van der Waals surface area contributed by atoms with Gasteiger partial charge in [0.1, 0.15) is 36.3 Å². The van der Waals surface area contributed by atoms with Crippen LogP contribution in [-0.4, -0.2) is 147 Å². The predicted molar refractivity (Wildman–Crippen MR) is 463 cm³/mol. The van der Waals surface area contributed by atoms with E-state index in [1.165, 1.54) is 114 Å². The molecule has 0 spiro atoms. The second kappa shape index (κ2) is 48.4. The fraction of sp³-hybridized carbons (Fsp3) is 0.388. The quantitative estimate of drug-likeness (QED) is 0.0121. The Kier molecular flexibility index (Phi) is 37.9. The highest BCUT2D eigenvalue weighted by molar-refractivity contribution is 6.04. The van der Waals surface area contributed by atoms with Crippen LogP contribution in [0.3, 0.4) is 0 Å². The number of aryl methyl sites for hydroxylation is 2. The van der Waals surface area contributed by atoms with Gasteiger partial charge in [0, 0.05) is 98.0 Å². The Hall–Kier alpha value is -13.7. The average molecular weight is 1660 g/mol. The molecule has 0 aliphatic rings. The van der Waals surface area contributed by atoms with Crippen LogP contribution in [0.2, 0.25) is 0 Å². The van der Waals surface area contributed by atoms with E-state index >= 15 is 0 Å². The van der Waals surface area contributed by atoms with E-state index < -0.39 is 108 Å². The highest BCUT2D eigenvalue weighted by atomic mass is 16.6. The minimum atomic E-state index is -1.11. The van der Waals surface area contributed by atoms with Crippen molar-refractivity contribution in [3.63, 3.8) is 0 Å². The lowest BCUT2D eigenvalue weighted by Gasteiger charge is -2.13. The first kappa shape index (κ1) is 95.5. The highest BCUT2D eigenvalue weighted by Gasteiger charge is 2.25. The third kappa shape index (κ3) is 30.0. The fourth-order valence-corrected chi connectivity index (χ4v) is 11.4. The lowest BCUT2D eigenvalue weighted by atomic mass is 10.0. The standard InChI is InChI=1S/C98H106N6O18/c1-15-21-39-117-93(111)63(9)99-87(105)81-49-69-27-28-70-46-74(54-82(50-70)88(106)100-64(10)94(112)118-40-22-16-2)32-37-79-59-86(92(110)104-68(14)98(116)122-44-26-20-6)60-80(62(79)8)38-34-76-48-72(52-84(56-76)90(108)102-66(12)96(114)120-42-24-18-4)30-29-71-47-75(55-83(51-71)89(107)101-65(11)95(113)119-41-23-17-3)33-36-78-58-85(57-77(61(78)7)35-31-73(45-69)53-81)91(109)103-67(13)97(115)121-43-25-19-5/h45-60,63-68H,15-26,39-44H2,1-14H3,(H,99,105)(H,100,106)(H,101,107)(H,102,108)(H,103,109)(H,104,110)/t63-,64-,65-,66-,67-,68-/m0/s1. The molecule has 0 saturated carbocycles. The molecule has 7 rings (SSSR count). The van der Waals surface area contributed by atoms with E-state index in [0.29, 0.717) is 49.7 Å². The molecule has 12 bridgehead atoms. The number of fused-ring (bicyclic) bond motifs is 12. The summed E-state index contributed by atoms with van der Waals surface area (Å²) in [5.74, 6) is -8.29. The number of amides is 6. The number of hydrogen-bond donors (Lipinski definition) is 6. The molecule has 636 valence electrons. The lowest BCUT2D eigenvalue weighted by molar-refractivity contribution is -0.146. The van der Waals surface area contributed by atoms with Gasteiger partial charge in [-0.3, -0.25) is 28.8 Å². The molecule has 0 radical (unpaired) electrons. The van der Waals surface area contributed by atoms with Gasteiger partial charge in [0.05, 0.1) is 39.6 Å². The molecule has 0 aliphatic heterocycles. The molecule has 6 amide bonds. The first-order valence-corrected chi connectivity index (χ1v) is 41.3. The number of benzene rings is 6. The summed E-state index contributed by atoms with van der Waals surface area (Å²) < 4.78 is 32.7. The largest absolute Gasteiger partial charge is 0.464 e. The Labute approximate surface area is 714 Å². The van der Waals surface area contributed by atoms with Crippen molar-refractivity contribution in [1.29, 1.82) is 0 Å². The van der Waals surface area contributed by atoms with E-state index in [4.69, 9.17) is 28.4 Å². The molecule has 0 heterocycles. The van der Waals surface area contributed by atoms with Gasteiger partial charge in [-0.15, -0.1) is 0 Å². The molecule has 6 atom stereocenters. The summed E-state index contributed by atoms with van der Waals surface area (Å²) in [4.78, 5) is 166. The SMILES string of the molecule is CCCCOC(=O)[C@H](C)NC(=O)c1cc2c#cc3cc(C(=O)N[C@@H](C)C(=O)OCCCC)cc(c#cc4cc(C(=O)N[C@@H](C)C(=O)OCCCC)cc(c#cc5cc(C(=O)N[C@@H](C)C(=O)OCCCC)cc(c#cc6cc(C(=O)N[C@@H](C)C(=O)OCCCC)cc(c#cc7cc(C(=O)N[C@@H](C)C(=O)OCCCC)cc(c#cc(c1)c2)c7C)c6)c5)c4C)c3. The number of esters is 6. The zero-order chi connectivity index (χ0) is 89.0. The van der Waals surface area contributed by atoms with Crippen LogP contribution in [-0.2, 0) is 57.2 Å². The van der Waals surface area contributed by atoms with E-state index in [0.717, 1.165) is 38.5 Å². The molecular weight excluding hydrogens is 1550 g/mol. The summed E-state index contributed by atoms with van der Waals surface area (Å²) in [6.07, 6.45) is 8.09. The Balaban J connectivity index is 1.67. The summed E-state index contributed by atoms with van der Waals surface area (Å²) in [6, 6.07) is 55.2. The second-order valence-electron chi connectivity index (χ2n) is 29.4. The summed E-state index contributed by atoms with van der Waals surface area (Å²) in [5.41, 5.74) is 0.910. The minimum Gasteiger partial charge on any atom is -0.464 e. The van der Waals surface area contributed by atoms with Crippen LogP contribution in [0.4, 0.5) is 0 Å². The Morgan fingerprint density at radius 1 is 0.230 bits per heavy atom. The zero-order valence-electron chi connectivity index (χ0n) is 71.8. The van der Waals surface area contributed by atoms with Gasteiger partial charge >= 0.3 is 35.8 Å².